The van der Waals surface area contributed by atoms with Gasteiger partial charge in [-0.25, -0.2) is 0 Å². The van der Waals surface area contributed by atoms with Gasteiger partial charge in [0.1, 0.15) is 0 Å². The van der Waals surface area contributed by atoms with Crippen molar-refractivity contribution in [1.82, 2.24) is 9.78 Å². The number of aromatic nitrogens is 2. The van der Waals surface area contributed by atoms with E-state index in [1.54, 1.807) is 0 Å². The van der Waals surface area contributed by atoms with Gasteiger partial charge in [-0.1, -0.05) is 22.9 Å². The summed E-state index contributed by atoms with van der Waals surface area (Å²) in [7, 11) is 1.99. The zero-order valence-electron chi connectivity index (χ0n) is 7.63. The molecule has 0 bridgehead atoms. The van der Waals surface area contributed by atoms with Gasteiger partial charge in [0.15, 0.2) is 0 Å². The molecule has 1 unspecified atom stereocenters. The van der Waals surface area contributed by atoms with Gasteiger partial charge in [0.2, 0.25) is 0 Å². The van der Waals surface area contributed by atoms with Crippen molar-refractivity contribution >= 4 is 15.9 Å². The quantitative estimate of drug-likeness (QED) is 0.728. The van der Waals surface area contributed by atoms with E-state index in [0.717, 1.165) is 6.42 Å². The molecule has 0 N–H and O–H groups in total. The largest absolute Gasteiger partial charge is 0.273 e. The number of aryl methyl sites for hydroxylation is 2. The van der Waals surface area contributed by atoms with E-state index in [9.17, 15) is 0 Å². The molecule has 0 saturated carbocycles. The van der Waals surface area contributed by atoms with Crippen LogP contribution in [-0.2, 0) is 13.5 Å². The number of hydrogen-bond acceptors (Lipinski definition) is 1. The normalized spacial score (nSPS) is 13.2. The first kappa shape index (κ1) is 9.78. The molecule has 1 rings (SSSR count). The molecular weight excluding hydrogens is 216 g/mol. The Morgan fingerprint density at radius 2 is 2.42 bits per heavy atom. The van der Waals surface area contributed by atoms with E-state index in [-0.39, 0.29) is 0 Å². The molecule has 0 fully saturated rings. The molecule has 12 heavy (non-hydrogen) atoms. The molecular formula is C9H15BrN2. The number of nitrogens with zero attached hydrogens (tertiary/aromatic N) is 2. The number of hydrogen-bond donors (Lipinski definition) is 0. The van der Waals surface area contributed by atoms with Crippen LogP contribution < -0.4 is 0 Å². The maximum atomic E-state index is 4.12. The molecule has 0 aromatic carbocycles. The highest BCUT2D eigenvalue weighted by molar-refractivity contribution is 9.09. The van der Waals surface area contributed by atoms with E-state index < -0.39 is 0 Å². The molecule has 0 spiro atoms. The molecule has 68 valence electrons. The Labute approximate surface area is 82.1 Å². The van der Waals surface area contributed by atoms with Gasteiger partial charge in [-0.05, 0) is 25.3 Å². The summed E-state index contributed by atoms with van der Waals surface area (Å²) in [6.07, 6.45) is 5.35. The van der Waals surface area contributed by atoms with E-state index in [2.05, 4.69) is 34.0 Å². The summed E-state index contributed by atoms with van der Waals surface area (Å²) in [6, 6.07) is 2.08. The van der Waals surface area contributed by atoms with Gasteiger partial charge in [0.05, 0.1) is 0 Å². The highest BCUT2D eigenvalue weighted by Gasteiger charge is 2.03. The lowest BCUT2D eigenvalue weighted by Crippen LogP contribution is -2.02. The fourth-order valence-electron chi connectivity index (χ4n) is 1.16. The minimum absolute atomic E-state index is 0.646. The van der Waals surface area contributed by atoms with Crippen LogP contribution >= 0.6 is 15.9 Å². The summed E-state index contributed by atoms with van der Waals surface area (Å²) in [5.41, 5.74) is 1.31. The summed E-state index contributed by atoms with van der Waals surface area (Å²) in [5.74, 6) is 0. The summed E-state index contributed by atoms with van der Waals surface area (Å²) < 4.78 is 1.94. The lowest BCUT2D eigenvalue weighted by molar-refractivity contribution is 0.666. The number of halogens is 1. The van der Waals surface area contributed by atoms with E-state index in [1.807, 2.05) is 17.9 Å². The van der Waals surface area contributed by atoms with Crippen molar-refractivity contribution in [2.24, 2.45) is 7.05 Å². The number of alkyl halides is 1. The first-order valence-electron chi connectivity index (χ1n) is 4.35. The van der Waals surface area contributed by atoms with Crippen molar-refractivity contribution < 1.29 is 0 Å². The molecule has 1 atom stereocenters. The Hall–Kier alpha value is -0.310. The molecule has 3 heteroatoms. The molecule has 0 saturated heterocycles. The second-order valence-corrected chi connectivity index (χ2v) is 4.29. The van der Waals surface area contributed by atoms with E-state index in [4.69, 9.17) is 0 Å². The zero-order valence-corrected chi connectivity index (χ0v) is 9.21. The first-order valence-corrected chi connectivity index (χ1v) is 5.26. The molecule has 0 aliphatic carbocycles. The molecule has 0 aliphatic heterocycles. The predicted octanol–water partition coefficient (Wildman–Crippen LogP) is 2.53. The van der Waals surface area contributed by atoms with Crippen molar-refractivity contribution in [3.8, 4) is 0 Å². The van der Waals surface area contributed by atoms with Gasteiger partial charge in [0, 0.05) is 23.8 Å². The summed E-state index contributed by atoms with van der Waals surface area (Å²) in [6.45, 7) is 2.20. The summed E-state index contributed by atoms with van der Waals surface area (Å²) >= 11 is 3.62. The maximum Gasteiger partial charge on any atom is 0.0492 e. The van der Waals surface area contributed by atoms with Gasteiger partial charge in [-0.15, -0.1) is 0 Å². The highest BCUT2D eigenvalue weighted by Crippen LogP contribution is 2.12. The molecule has 0 amide bonds. The number of rotatable bonds is 4. The minimum Gasteiger partial charge on any atom is -0.273 e. The average molecular weight is 231 g/mol. The highest BCUT2D eigenvalue weighted by atomic mass is 79.9. The van der Waals surface area contributed by atoms with Crippen LogP contribution in [0.15, 0.2) is 12.3 Å². The zero-order chi connectivity index (χ0) is 8.97. The monoisotopic (exact) mass is 230 g/mol. The van der Waals surface area contributed by atoms with Crippen molar-refractivity contribution in [3.63, 3.8) is 0 Å². The van der Waals surface area contributed by atoms with Crippen LogP contribution in [-0.4, -0.2) is 14.6 Å². The molecule has 1 heterocycles. The smallest absolute Gasteiger partial charge is 0.0492 e. The van der Waals surface area contributed by atoms with Crippen molar-refractivity contribution in [3.05, 3.63) is 18.0 Å². The van der Waals surface area contributed by atoms with Gasteiger partial charge in [0.25, 0.3) is 0 Å². The fourth-order valence-corrected chi connectivity index (χ4v) is 1.38. The van der Waals surface area contributed by atoms with Crippen LogP contribution in [0.2, 0.25) is 0 Å². The van der Waals surface area contributed by atoms with E-state index in [1.165, 1.54) is 18.5 Å². The standard InChI is InChI=1S/C9H15BrN2/c1-3-8(10)4-5-9-6-7-11-12(9)2/h6-8H,3-5H2,1-2H3. The second kappa shape index (κ2) is 4.65. The van der Waals surface area contributed by atoms with Crippen LogP contribution in [0.5, 0.6) is 0 Å². The van der Waals surface area contributed by atoms with Crippen LogP contribution in [0.4, 0.5) is 0 Å². The summed E-state index contributed by atoms with van der Waals surface area (Å²) in [4.78, 5) is 0.646. The SMILES string of the molecule is CCC(Br)CCc1ccnn1C. The molecule has 1 aromatic rings. The lowest BCUT2D eigenvalue weighted by Gasteiger charge is -2.05. The van der Waals surface area contributed by atoms with Crippen LogP contribution in [0.25, 0.3) is 0 Å². The molecule has 1 aromatic heterocycles. The van der Waals surface area contributed by atoms with Gasteiger partial charge in [-0.2, -0.15) is 5.10 Å². The third kappa shape index (κ3) is 2.63. The average Bonchev–Trinajstić information content (AvgIpc) is 2.47. The minimum atomic E-state index is 0.646. The van der Waals surface area contributed by atoms with Gasteiger partial charge < -0.3 is 0 Å². The van der Waals surface area contributed by atoms with E-state index in [0.29, 0.717) is 4.83 Å². The van der Waals surface area contributed by atoms with E-state index >= 15 is 0 Å². The van der Waals surface area contributed by atoms with Crippen molar-refractivity contribution in [2.45, 2.75) is 31.0 Å². The van der Waals surface area contributed by atoms with Crippen LogP contribution in [0.1, 0.15) is 25.5 Å². The second-order valence-electron chi connectivity index (χ2n) is 2.99. The third-order valence-electron chi connectivity index (χ3n) is 2.08. The predicted molar refractivity (Wildman–Crippen MR) is 54.5 cm³/mol. The Morgan fingerprint density at radius 1 is 1.67 bits per heavy atom. The lowest BCUT2D eigenvalue weighted by atomic mass is 10.1. The summed E-state index contributed by atoms with van der Waals surface area (Å²) in [5, 5.41) is 4.12. The molecule has 0 aliphatic rings. The third-order valence-corrected chi connectivity index (χ3v) is 3.18. The fraction of sp³-hybridized carbons (Fsp3) is 0.667. The van der Waals surface area contributed by atoms with Gasteiger partial charge in [-0.3, -0.25) is 4.68 Å². The molecule has 2 nitrogen and oxygen atoms in total. The Balaban J connectivity index is 2.38. The topological polar surface area (TPSA) is 17.8 Å². The Bertz CT molecular complexity index is 232. The van der Waals surface area contributed by atoms with Crippen LogP contribution in [0, 0.1) is 0 Å². The van der Waals surface area contributed by atoms with Crippen LogP contribution in [0.3, 0.4) is 0 Å². The first-order chi connectivity index (χ1) is 5.74. The molecule has 0 radical (unpaired) electrons. The van der Waals surface area contributed by atoms with Crippen molar-refractivity contribution in [2.75, 3.05) is 0 Å². The Morgan fingerprint density at radius 3 is 2.92 bits per heavy atom. The maximum absolute atomic E-state index is 4.12. The van der Waals surface area contributed by atoms with Crippen molar-refractivity contribution in [1.29, 1.82) is 0 Å². The Kier molecular flexibility index (Phi) is 3.79. The van der Waals surface area contributed by atoms with Gasteiger partial charge >= 0.3 is 0 Å².